The van der Waals surface area contributed by atoms with Gasteiger partial charge >= 0.3 is 0 Å². The van der Waals surface area contributed by atoms with Crippen molar-refractivity contribution in [2.24, 2.45) is 0 Å². The Labute approximate surface area is 251 Å². The van der Waals surface area contributed by atoms with Crippen LogP contribution >= 0.6 is 11.3 Å². The summed E-state index contributed by atoms with van der Waals surface area (Å²) in [5.41, 5.74) is 3.17. The minimum atomic E-state index is -3.59. The van der Waals surface area contributed by atoms with E-state index in [2.05, 4.69) is 22.3 Å². The van der Waals surface area contributed by atoms with Crippen LogP contribution in [0.2, 0.25) is 0 Å². The van der Waals surface area contributed by atoms with E-state index in [1.54, 1.807) is 17.0 Å². The SMILES string of the molecule is O=C(Nc1sc2c(c1C(=O)N1CCOCC1)CCN(Cc1ccccc1)C2)c1ccc(S(=O)(=O)N2CCCCC2)cc1. The van der Waals surface area contributed by atoms with Gasteiger partial charge in [-0.15, -0.1) is 11.3 Å². The lowest BCUT2D eigenvalue weighted by Crippen LogP contribution is -2.41. The number of rotatable bonds is 7. The number of sulfonamides is 1. The molecular weight excluding hydrogens is 572 g/mol. The second kappa shape index (κ2) is 12.6. The summed E-state index contributed by atoms with van der Waals surface area (Å²) < 4.78 is 33.1. The van der Waals surface area contributed by atoms with Crippen LogP contribution in [0.1, 0.15) is 56.0 Å². The van der Waals surface area contributed by atoms with Crippen molar-refractivity contribution >= 4 is 38.2 Å². The van der Waals surface area contributed by atoms with Crippen LogP contribution in [0.5, 0.6) is 0 Å². The first-order chi connectivity index (χ1) is 20.4. The van der Waals surface area contributed by atoms with E-state index in [1.165, 1.54) is 33.3 Å². The first-order valence-electron chi connectivity index (χ1n) is 14.6. The number of morpholine rings is 1. The summed E-state index contributed by atoms with van der Waals surface area (Å²) >= 11 is 1.46. The molecule has 3 aliphatic heterocycles. The first-order valence-corrected chi connectivity index (χ1v) is 16.9. The van der Waals surface area contributed by atoms with Crippen LogP contribution in [0.4, 0.5) is 5.00 Å². The van der Waals surface area contributed by atoms with Crippen LogP contribution < -0.4 is 5.32 Å². The smallest absolute Gasteiger partial charge is 0.257 e. The van der Waals surface area contributed by atoms with Gasteiger partial charge in [0.05, 0.1) is 23.7 Å². The van der Waals surface area contributed by atoms with Gasteiger partial charge in [0, 0.05) is 56.3 Å². The lowest BCUT2D eigenvalue weighted by atomic mass is 10.0. The molecular formula is C31H36N4O5S2. The molecule has 3 aromatic rings. The van der Waals surface area contributed by atoms with Gasteiger partial charge in [0.25, 0.3) is 11.8 Å². The molecule has 11 heteroatoms. The highest BCUT2D eigenvalue weighted by Crippen LogP contribution is 2.39. The molecule has 0 aliphatic carbocycles. The van der Waals surface area contributed by atoms with Gasteiger partial charge in [-0.25, -0.2) is 8.42 Å². The summed E-state index contributed by atoms with van der Waals surface area (Å²) in [6.45, 7) is 5.42. The number of carbonyl (C=O) groups is 2. The standard InChI is InChI=1S/C31H36N4O5S2/c36-29(24-9-11-25(12-10-24)42(38,39)35-14-5-2-6-15-35)32-30-28(31(37)34-17-19-40-20-18-34)26-13-16-33(22-27(26)41-30)21-23-7-3-1-4-8-23/h1,3-4,7-12H,2,5-6,13-22H2,(H,32,36). The Morgan fingerprint density at radius 2 is 1.60 bits per heavy atom. The van der Waals surface area contributed by atoms with Crippen LogP contribution in [0.15, 0.2) is 59.5 Å². The monoisotopic (exact) mass is 608 g/mol. The molecule has 3 aliphatic rings. The fourth-order valence-corrected chi connectivity index (χ4v) is 8.67. The molecule has 0 radical (unpaired) electrons. The molecule has 2 saturated heterocycles. The molecule has 9 nitrogen and oxygen atoms in total. The van der Waals surface area contributed by atoms with E-state index < -0.39 is 10.0 Å². The van der Waals surface area contributed by atoms with Crippen molar-refractivity contribution in [1.29, 1.82) is 0 Å². The number of fused-ring (bicyclic) bond motifs is 1. The molecule has 0 atom stereocenters. The van der Waals surface area contributed by atoms with Crippen molar-refractivity contribution in [3.05, 3.63) is 81.7 Å². The van der Waals surface area contributed by atoms with E-state index >= 15 is 0 Å². The summed E-state index contributed by atoms with van der Waals surface area (Å²) in [5.74, 6) is -0.446. The van der Waals surface area contributed by atoms with Gasteiger partial charge in [0.2, 0.25) is 10.0 Å². The molecule has 4 heterocycles. The molecule has 0 spiro atoms. The van der Waals surface area contributed by atoms with Gasteiger partial charge in [-0.1, -0.05) is 36.8 Å². The predicted octanol–water partition coefficient (Wildman–Crippen LogP) is 4.21. The number of nitrogens with one attached hydrogen (secondary N) is 1. The number of nitrogens with zero attached hydrogens (tertiary/aromatic N) is 3. The Balaban J connectivity index is 1.23. The fraction of sp³-hybridized carbons (Fsp3) is 0.419. The van der Waals surface area contributed by atoms with Gasteiger partial charge in [0.1, 0.15) is 5.00 Å². The number of piperidine rings is 1. The maximum absolute atomic E-state index is 13.8. The summed E-state index contributed by atoms with van der Waals surface area (Å²) in [4.78, 5) is 32.7. The molecule has 2 aromatic carbocycles. The third-order valence-corrected chi connectivity index (χ3v) is 11.2. The van der Waals surface area contributed by atoms with Crippen LogP contribution in [-0.4, -0.2) is 80.3 Å². The lowest BCUT2D eigenvalue weighted by Gasteiger charge is -2.29. The average Bonchev–Trinajstić information content (AvgIpc) is 3.39. The van der Waals surface area contributed by atoms with Crippen molar-refractivity contribution < 1.29 is 22.7 Å². The molecule has 6 rings (SSSR count). The van der Waals surface area contributed by atoms with Crippen LogP contribution in [0.25, 0.3) is 0 Å². The third-order valence-electron chi connectivity index (χ3n) is 8.19. The highest BCUT2D eigenvalue weighted by atomic mass is 32.2. The lowest BCUT2D eigenvalue weighted by molar-refractivity contribution is 0.0302. The Morgan fingerprint density at radius 1 is 0.881 bits per heavy atom. The van der Waals surface area contributed by atoms with Gasteiger partial charge in [-0.05, 0) is 54.7 Å². The number of benzene rings is 2. The largest absolute Gasteiger partial charge is 0.378 e. The van der Waals surface area contributed by atoms with Gasteiger partial charge in [-0.3, -0.25) is 14.5 Å². The molecule has 0 saturated carbocycles. The van der Waals surface area contributed by atoms with E-state index in [0.717, 1.165) is 49.2 Å². The molecule has 2 amide bonds. The molecule has 1 aromatic heterocycles. The Bertz CT molecular complexity index is 1530. The number of carbonyl (C=O) groups excluding carboxylic acids is 2. The Morgan fingerprint density at radius 3 is 2.31 bits per heavy atom. The zero-order valence-corrected chi connectivity index (χ0v) is 25.2. The third kappa shape index (κ3) is 6.16. The van der Waals surface area contributed by atoms with E-state index in [4.69, 9.17) is 4.74 Å². The van der Waals surface area contributed by atoms with Crippen LogP contribution in [-0.2, 0) is 34.3 Å². The van der Waals surface area contributed by atoms with Crippen molar-refractivity contribution in [2.75, 3.05) is 51.3 Å². The summed E-state index contributed by atoms with van der Waals surface area (Å²) in [7, 11) is -3.59. The summed E-state index contributed by atoms with van der Waals surface area (Å²) in [5, 5.41) is 3.56. The van der Waals surface area contributed by atoms with Crippen molar-refractivity contribution in [3.63, 3.8) is 0 Å². The molecule has 2 fully saturated rings. The number of thiophene rings is 1. The molecule has 42 heavy (non-hydrogen) atoms. The Kier molecular flexibility index (Phi) is 8.73. The second-order valence-corrected chi connectivity index (χ2v) is 14.0. The van der Waals surface area contributed by atoms with Gasteiger partial charge in [0.15, 0.2) is 0 Å². The molecule has 222 valence electrons. The van der Waals surface area contributed by atoms with E-state index in [9.17, 15) is 18.0 Å². The quantitative estimate of drug-likeness (QED) is 0.432. The van der Waals surface area contributed by atoms with Gasteiger partial charge in [-0.2, -0.15) is 4.31 Å². The Hall–Kier alpha value is -3.09. The fourth-order valence-electron chi connectivity index (χ4n) is 5.88. The number of hydrogen-bond acceptors (Lipinski definition) is 7. The second-order valence-electron chi connectivity index (χ2n) is 11.0. The summed E-state index contributed by atoms with van der Waals surface area (Å²) in [6.07, 6.45) is 3.49. The van der Waals surface area contributed by atoms with E-state index in [1.807, 2.05) is 18.2 Å². The minimum Gasteiger partial charge on any atom is -0.378 e. The summed E-state index contributed by atoms with van der Waals surface area (Å²) in [6, 6.07) is 16.4. The number of ether oxygens (including phenoxy) is 1. The highest BCUT2D eigenvalue weighted by molar-refractivity contribution is 7.89. The van der Waals surface area contributed by atoms with Crippen molar-refractivity contribution in [1.82, 2.24) is 14.1 Å². The van der Waals surface area contributed by atoms with E-state index in [0.29, 0.717) is 62.1 Å². The van der Waals surface area contributed by atoms with Crippen LogP contribution in [0.3, 0.4) is 0 Å². The van der Waals surface area contributed by atoms with Crippen molar-refractivity contribution in [2.45, 2.75) is 43.7 Å². The van der Waals surface area contributed by atoms with E-state index in [-0.39, 0.29) is 16.7 Å². The zero-order chi connectivity index (χ0) is 29.1. The minimum absolute atomic E-state index is 0.0782. The van der Waals surface area contributed by atoms with Crippen LogP contribution in [0, 0.1) is 0 Å². The predicted molar refractivity (Wildman–Crippen MR) is 162 cm³/mol. The highest BCUT2D eigenvalue weighted by Gasteiger charge is 2.32. The van der Waals surface area contributed by atoms with Crippen molar-refractivity contribution in [3.8, 4) is 0 Å². The average molecular weight is 609 g/mol. The zero-order valence-electron chi connectivity index (χ0n) is 23.6. The maximum atomic E-state index is 13.8. The number of anilines is 1. The molecule has 1 N–H and O–H groups in total. The normalized spacial score (nSPS) is 18.4. The topological polar surface area (TPSA) is 99.3 Å². The maximum Gasteiger partial charge on any atom is 0.257 e. The molecule has 0 bridgehead atoms. The number of amides is 2. The number of hydrogen-bond donors (Lipinski definition) is 1. The van der Waals surface area contributed by atoms with Gasteiger partial charge < -0.3 is 15.0 Å². The molecule has 0 unspecified atom stereocenters. The first kappa shape index (κ1) is 29.0.